The van der Waals surface area contributed by atoms with Gasteiger partial charge in [-0.05, 0) is 23.8 Å². The monoisotopic (exact) mass is 164 g/mol. The fraction of sp³-hybridized carbons (Fsp3) is 0.111. The molecule has 0 aliphatic carbocycles. The number of hydrogen-bond donors (Lipinski definition) is 2. The van der Waals surface area contributed by atoms with Crippen molar-refractivity contribution < 1.29 is 4.74 Å². The van der Waals surface area contributed by atoms with Crippen LogP contribution >= 0.6 is 0 Å². The number of hydrazine groups is 1. The van der Waals surface area contributed by atoms with E-state index in [-0.39, 0.29) is 0 Å². The highest BCUT2D eigenvalue weighted by Gasteiger charge is 1.88. The van der Waals surface area contributed by atoms with E-state index in [1.54, 1.807) is 13.3 Å². The maximum atomic E-state index is 5.07. The van der Waals surface area contributed by atoms with Crippen molar-refractivity contribution in [1.29, 1.82) is 0 Å². The third-order valence-electron chi connectivity index (χ3n) is 1.49. The first-order chi connectivity index (χ1) is 5.86. The Morgan fingerprint density at radius 3 is 2.50 bits per heavy atom. The zero-order valence-corrected chi connectivity index (χ0v) is 6.95. The van der Waals surface area contributed by atoms with Crippen LogP contribution in [-0.4, -0.2) is 7.11 Å². The first-order valence-electron chi connectivity index (χ1n) is 3.63. The molecule has 0 aliphatic heterocycles. The lowest BCUT2D eigenvalue weighted by molar-refractivity contribution is 0.415. The van der Waals surface area contributed by atoms with Crippen molar-refractivity contribution in [2.45, 2.75) is 0 Å². The van der Waals surface area contributed by atoms with Gasteiger partial charge >= 0.3 is 0 Å². The summed E-state index contributed by atoms with van der Waals surface area (Å²) in [6.45, 7) is 0. The minimum atomic E-state index is 0.854. The molecule has 1 rings (SSSR count). The first-order valence-corrected chi connectivity index (χ1v) is 3.63. The van der Waals surface area contributed by atoms with E-state index in [9.17, 15) is 0 Å². The average Bonchev–Trinajstić information content (AvgIpc) is 2.15. The molecule has 12 heavy (non-hydrogen) atoms. The molecule has 3 heteroatoms. The number of methoxy groups -OCH3 is 1. The standard InChI is InChI=1S/C9H12N2O/c1-12-9-4-2-8(3-5-9)6-7-11-10/h2-7,11H,10H2,1H3. The third kappa shape index (κ3) is 2.29. The highest BCUT2D eigenvalue weighted by molar-refractivity contribution is 5.50. The van der Waals surface area contributed by atoms with Crippen molar-refractivity contribution in [2.24, 2.45) is 5.84 Å². The Morgan fingerprint density at radius 1 is 1.33 bits per heavy atom. The molecule has 0 amide bonds. The van der Waals surface area contributed by atoms with Gasteiger partial charge in [0.2, 0.25) is 0 Å². The van der Waals surface area contributed by atoms with E-state index in [0.717, 1.165) is 11.3 Å². The van der Waals surface area contributed by atoms with Gasteiger partial charge in [-0.15, -0.1) is 0 Å². The van der Waals surface area contributed by atoms with E-state index in [0.29, 0.717) is 0 Å². The van der Waals surface area contributed by atoms with Crippen molar-refractivity contribution in [3.05, 3.63) is 36.0 Å². The predicted molar refractivity (Wildman–Crippen MR) is 49.4 cm³/mol. The van der Waals surface area contributed by atoms with Crippen LogP contribution < -0.4 is 16.0 Å². The van der Waals surface area contributed by atoms with Crippen LogP contribution in [0.25, 0.3) is 6.08 Å². The lowest BCUT2D eigenvalue weighted by Crippen LogP contribution is -2.12. The minimum absolute atomic E-state index is 0.854. The number of hydrogen-bond acceptors (Lipinski definition) is 3. The summed E-state index contributed by atoms with van der Waals surface area (Å²) in [6, 6.07) is 7.70. The molecule has 0 saturated carbocycles. The van der Waals surface area contributed by atoms with E-state index in [4.69, 9.17) is 10.6 Å². The van der Waals surface area contributed by atoms with Crippen LogP contribution in [0.2, 0.25) is 0 Å². The van der Waals surface area contributed by atoms with Crippen LogP contribution in [0.3, 0.4) is 0 Å². The third-order valence-corrected chi connectivity index (χ3v) is 1.49. The summed E-state index contributed by atoms with van der Waals surface area (Å²) in [6.07, 6.45) is 3.54. The van der Waals surface area contributed by atoms with Crippen LogP contribution in [0.15, 0.2) is 30.5 Å². The summed E-state index contributed by atoms with van der Waals surface area (Å²) >= 11 is 0. The molecule has 0 saturated heterocycles. The first kappa shape index (κ1) is 8.62. The van der Waals surface area contributed by atoms with E-state index >= 15 is 0 Å². The topological polar surface area (TPSA) is 47.3 Å². The number of rotatable bonds is 3. The van der Waals surface area contributed by atoms with Gasteiger partial charge in [0.05, 0.1) is 7.11 Å². The number of nitrogens with two attached hydrogens (primary N) is 1. The SMILES string of the molecule is COc1ccc(C=CNN)cc1. The molecular formula is C9H12N2O. The Hall–Kier alpha value is -1.48. The van der Waals surface area contributed by atoms with Crippen molar-refractivity contribution in [3.63, 3.8) is 0 Å². The lowest BCUT2D eigenvalue weighted by atomic mass is 10.2. The summed E-state index contributed by atoms with van der Waals surface area (Å²) in [5, 5.41) is 0. The summed E-state index contributed by atoms with van der Waals surface area (Å²) < 4.78 is 5.01. The fourth-order valence-electron chi connectivity index (χ4n) is 0.859. The molecular weight excluding hydrogens is 152 g/mol. The smallest absolute Gasteiger partial charge is 0.118 e. The Kier molecular flexibility index (Phi) is 3.17. The molecule has 1 aromatic rings. The van der Waals surface area contributed by atoms with Gasteiger partial charge in [0.25, 0.3) is 0 Å². The van der Waals surface area contributed by atoms with Gasteiger partial charge in [0, 0.05) is 6.20 Å². The molecule has 0 bridgehead atoms. The van der Waals surface area contributed by atoms with Gasteiger partial charge in [0.1, 0.15) is 5.75 Å². The molecule has 64 valence electrons. The van der Waals surface area contributed by atoms with Crippen LogP contribution in [-0.2, 0) is 0 Å². The van der Waals surface area contributed by atoms with Crippen molar-refractivity contribution >= 4 is 6.08 Å². The molecule has 3 N–H and O–H groups in total. The Bertz CT molecular complexity index is 254. The van der Waals surface area contributed by atoms with E-state index in [1.807, 2.05) is 30.3 Å². The second-order valence-electron chi connectivity index (χ2n) is 2.27. The van der Waals surface area contributed by atoms with Crippen LogP contribution in [0.4, 0.5) is 0 Å². The highest BCUT2D eigenvalue weighted by Crippen LogP contribution is 2.11. The van der Waals surface area contributed by atoms with Gasteiger partial charge in [0.15, 0.2) is 0 Å². The van der Waals surface area contributed by atoms with Gasteiger partial charge in [-0.2, -0.15) is 0 Å². The second kappa shape index (κ2) is 4.41. The highest BCUT2D eigenvalue weighted by atomic mass is 16.5. The second-order valence-corrected chi connectivity index (χ2v) is 2.27. The number of benzene rings is 1. The van der Waals surface area contributed by atoms with Crippen LogP contribution in [0.5, 0.6) is 5.75 Å². The Balaban J connectivity index is 2.71. The average molecular weight is 164 g/mol. The maximum absolute atomic E-state index is 5.07. The zero-order valence-electron chi connectivity index (χ0n) is 6.95. The summed E-state index contributed by atoms with van der Waals surface area (Å²) in [7, 11) is 1.65. The van der Waals surface area contributed by atoms with Crippen molar-refractivity contribution in [3.8, 4) is 5.75 Å². The largest absolute Gasteiger partial charge is 0.497 e. The molecule has 0 fully saturated rings. The minimum Gasteiger partial charge on any atom is -0.497 e. The molecule has 0 radical (unpaired) electrons. The van der Waals surface area contributed by atoms with Crippen molar-refractivity contribution in [2.75, 3.05) is 7.11 Å². The Morgan fingerprint density at radius 2 is 2.00 bits per heavy atom. The zero-order chi connectivity index (χ0) is 8.81. The normalized spacial score (nSPS) is 10.2. The quantitative estimate of drug-likeness (QED) is 0.520. The molecule has 3 nitrogen and oxygen atoms in total. The predicted octanol–water partition coefficient (Wildman–Crippen LogP) is 1.13. The maximum Gasteiger partial charge on any atom is 0.118 e. The van der Waals surface area contributed by atoms with Gasteiger partial charge in [-0.3, -0.25) is 5.84 Å². The summed E-state index contributed by atoms with van der Waals surface area (Å²) in [4.78, 5) is 0. The number of ether oxygens (including phenoxy) is 1. The molecule has 0 aromatic heterocycles. The molecule has 0 heterocycles. The molecule has 0 atom stereocenters. The van der Waals surface area contributed by atoms with Gasteiger partial charge in [-0.25, -0.2) is 0 Å². The van der Waals surface area contributed by atoms with Crippen LogP contribution in [0, 0.1) is 0 Å². The van der Waals surface area contributed by atoms with E-state index < -0.39 is 0 Å². The van der Waals surface area contributed by atoms with Crippen LogP contribution in [0.1, 0.15) is 5.56 Å². The van der Waals surface area contributed by atoms with E-state index in [2.05, 4.69) is 5.43 Å². The van der Waals surface area contributed by atoms with Gasteiger partial charge < -0.3 is 10.2 Å². The van der Waals surface area contributed by atoms with E-state index in [1.165, 1.54) is 0 Å². The fourth-order valence-corrected chi connectivity index (χ4v) is 0.859. The lowest BCUT2D eigenvalue weighted by Gasteiger charge is -1.98. The van der Waals surface area contributed by atoms with Crippen molar-refractivity contribution in [1.82, 2.24) is 5.43 Å². The molecule has 0 spiro atoms. The Labute approximate surface area is 71.8 Å². The molecule has 1 aromatic carbocycles. The molecule has 0 aliphatic rings. The summed E-state index contributed by atoms with van der Waals surface area (Å²) in [5.74, 6) is 5.93. The molecule has 0 unspecified atom stereocenters. The summed E-state index contributed by atoms with van der Waals surface area (Å²) in [5.41, 5.74) is 3.51. The van der Waals surface area contributed by atoms with Gasteiger partial charge in [-0.1, -0.05) is 12.1 Å². The number of nitrogens with one attached hydrogen (secondary N) is 1.